The Hall–Kier alpha value is -1.67. The summed E-state index contributed by atoms with van der Waals surface area (Å²) in [6.45, 7) is 2.04. The maximum Gasteiger partial charge on any atom is 0.222 e. The predicted molar refractivity (Wildman–Crippen MR) is 71.7 cm³/mol. The molecule has 3 heterocycles. The maximum absolute atomic E-state index is 5.73. The van der Waals surface area contributed by atoms with Crippen molar-refractivity contribution in [3.63, 3.8) is 0 Å². The Kier molecular flexibility index (Phi) is 2.67. The minimum absolute atomic E-state index is 0.286. The molecule has 92 valence electrons. The molecular weight excluding hydrogens is 268 g/mol. The molecule has 0 aliphatic rings. The predicted octanol–water partition coefficient (Wildman–Crippen LogP) is 1.86. The van der Waals surface area contributed by atoms with E-state index in [1.165, 1.54) is 16.6 Å². The molecule has 0 amide bonds. The van der Waals surface area contributed by atoms with Gasteiger partial charge < -0.3 is 10.3 Å². The van der Waals surface area contributed by atoms with Gasteiger partial charge in [0, 0.05) is 17.3 Å². The highest BCUT2D eigenvalue weighted by atomic mass is 32.2. The van der Waals surface area contributed by atoms with Crippen molar-refractivity contribution in [3.05, 3.63) is 17.3 Å². The Morgan fingerprint density at radius 2 is 2.22 bits per heavy atom. The van der Waals surface area contributed by atoms with Gasteiger partial charge in [0.25, 0.3) is 0 Å². The molecule has 0 aliphatic heterocycles. The smallest absolute Gasteiger partial charge is 0.222 e. The lowest BCUT2D eigenvalue weighted by Gasteiger charge is -2.02. The van der Waals surface area contributed by atoms with Crippen molar-refractivity contribution >= 4 is 39.3 Å². The monoisotopic (exact) mass is 278 g/mol. The van der Waals surface area contributed by atoms with Gasteiger partial charge >= 0.3 is 0 Å². The normalized spacial score (nSPS) is 11.2. The van der Waals surface area contributed by atoms with Gasteiger partial charge in [-0.25, -0.2) is 9.97 Å². The van der Waals surface area contributed by atoms with Crippen molar-refractivity contribution in [2.24, 2.45) is 7.05 Å². The molecule has 0 atom stereocenters. The lowest BCUT2D eigenvalue weighted by molar-refractivity contribution is 0.787. The first-order chi connectivity index (χ1) is 8.63. The van der Waals surface area contributed by atoms with Gasteiger partial charge in [0.2, 0.25) is 5.95 Å². The number of nitrogens with zero attached hydrogens (tertiary/aromatic N) is 5. The fraction of sp³-hybridized carbons (Fsp3) is 0.200. The first-order valence-corrected chi connectivity index (χ1v) is 6.82. The van der Waals surface area contributed by atoms with Crippen LogP contribution in [-0.4, -0.2) is 24.7 Å². The van der Waals surface area contributed by atoms with Crippen LogP contribution in [0, 0.1) is 6.92 Å². The molecule has 0 saturated carbocycles. The second-order valence-electron chi connectivity index (χ2n) is 3.79. The second-order valence-corrected chi connectivity index (χ2v) is 5.98. The molecule has 0 aliphatic carbocycles. The van der Waals surface area contributed by atoms with Gasteiger partial charge in [-0.05, 0) is 24.8 Å². The van der Waals surface area contributed by atoms with Crippen LogP contribution in [-0.2, 0) is 7.05 Å². The summed E-state index contributed by atoms with van der Waals surface area (Å²) in [5.41, 5.74) is 5.73. The number of thiophene rings is 1. The number of hydrogen-bond donors (Lipinski definition) is 1. The third kappa shape index (κ3) is 1.93. The van der Waals surface area contributed by atoms with Crippen molar-refractivity contribution in [2.45, 2.75) is 17.1 Å². The molecule has 0 saturated heterocycles. The van der Waals surface area contributed by atoms with E-state index in [2.05, 4.69) is 26.2 Å². The quantitative estimate of drug-likeness (QED) is 0.720. The van der Waals surface area contributed by atoms with Crippen LogP contribution in [0.3, 0.4) is 0 Å². The van der Waals surface area contributed by atoms with E-state index in [1.54, 1.807) is 17.7 Å². The molecule has 0 radical (unpaired) electrons. The van der Waals surface area contributed by atoms with Crippen LogP contribution in [0.4, 0.5) is 5.95 Å². The summed E-state index contributed by atoms with van der Waals surface area (Å²) in [6.07, 6.45) is 1.66. The zero-order valence-corrected chi connectivity index (χ0v) is 11.4. The summed E-state index contributed by atoms with van der Waals surface area (Å²) in [7, 11) is 1.89. The Morgan fingerprint density at radius 3 is 2.94 bits per heavy atom. The zero-order valence-electron chi connectivity index (χ0n) is 9.78. The molecule has 6 nitrogen and oxygen atoms in total. The summed E-state index contributed by atoms with van der Waals surface area (Å²) in [4.78, 5) is 10.6. The molecule has 18 heavy (non-hydrogen) atoms. The van der Waals surface area contributed by atoms with E-state index in [-0.39, 0.29) is 5.95 Å². The van der Waals surface area contributed by atoms with Crippen molar-refractivity contribution in [3.8, 4) is 0 Å². The Morgan fingerprint density at radius 1 is 1.39 bits per heavy atom. The van der Waals surface area contributed by atoms with E-state index in [4.69, 9.17) is 5.73 Å². The fourth-order valence-electron chi connectivity index (χ4n) is 1.56. The van der Waals surface area contributed by atoms with E-state index >= 15 is 0 Å². The average molecular weight is 278 g/mol. The first-order valence-electron chi connectivity index (χ1n) is 5.19. The SMILES string of the molecule is Cc1cc2c(Sc3nncn3C)nc(N)nc2s1. The van der Waals surface area contributed by atoms with Gasteiger partial charge in [0.15, 0.2) is 5.16 Å². The van der Waals surface area contributed by atoms with Gasteiger partial charge in [-0.1, -0.05) is 0 Å². The highest BCUT2D eigenvalue weighted by Gasteiger charge is 2.13. The number of nitrogens with two attached hydrogens (primary N) is 1. The van der Waals surface area contributed by atoms with Crippen molar-refractivity contribution in [2.75, 3.05) is 5.73 Å². The van der Waals surface area contributed by atoms with Gasteiger partial charge in [-0.2, -0.15) is 0 Å². The highest BCUT2D eigenvalue weighted by molar-refractivity contribution is 7.99. The van der Waals surface area contributed by atoms with Crippen LogP contribution < -0.4 is 5.73 Å². The third-order valence-corrected chi connectivity index (χ3v) is 4.36. The van der Waals surface area contributed by atoms with Gasteiger partial charge in [-0.15, -0.1) is 21.5 Å². The number of aryl methyl sites for hydroxylation is 2. The molecule has 0 spiro atoms. The van der Waals surface area contributed by atoms with Crippen LogP contribution in [0.5, 0.6) is 0 Å². The van der Waals surface area contributed by atoms with Gasteiger partial charge in [0.05, 0.1) is 0 Å². The van der Waals surface area contributed by atoms with E-state index in [0.29, 0.717) is 0 Å². The molecule has 3 rings (SSSR count). The van der Waals surface area contributed by atoms with Crippen molar-refractivity contribution in [1.82, 2.24) is 24.7 Å². The number of rotatable bonds is 2. The Balaban J connectivity index is 2.13. The minimum Gasteiger partial charge on any atom is -0.368 e. The number of fused-ring (bicyclic) bond motifs is 1. The summed E-state index contributed by atoms with van der Waals surface area (Å²) < 4.78 is 1.84. The van der Waals surface area contributed by atoms with Crippen LogP contribution in [0.1, 0.15) is 4.88 Å². The fourth-order valence-corrected chi connectivity index (χ4v) is 3.37. The van der Waals surface area contributed by atoms with E-state index < -0.39 is 0 Å². The largest absolute Gasteiger partial charge is 0.368 e. The molecule has 0 fully saturated rings. The lowest BCUT2D eigenvalue weighted by atomic mass is 10.4. The highest BCUT2D eigenvalue weighted by Crippen LogP contribution is 2.34. The topological polar surface area (TPSA) is 82.5 Å². The molecule has 8 heteroatoms. The Labute approximate surface area is 111 Å². The van der Waals surface area contributed by atoms with Crippen LogP contribution in [0.15, 0.2) is 22.6 Å². The molecule has 3 aromatic heterocycles. The van der Waals surface area contributed by atoms with Crippen molar-refractivity contribution in [1.29, 1.82) is 0 Å². The summed E-state index contributed by atoms with van der Waals surface area (Å²) in [6, 6.07) is 2.07. The third-order valence-electron chi connectivity index (χ3n) is 2.36. The van der Waals surface area contributed by atoms with Gasteiger partial charge in [0.1, 0.15) is 16.2 Å². The van der Waals surface area contributed by atoms with E-state index in [9.17, 15) is 0 Å². The summed E-state index contributed by atoms with van der Waals surface area (Å²) in [5.74, 6) is 0.286. The maximum atomic E-state index is 5.73. The molecule has 2 N–H and O–H groups in total. The molecule has 0 aromatic carbocycles. The minimum atomic E-state index is 0.286. The average Bonchev–Trinajstić information content (AvgIpc) is 2.85. The standard InChI is InChI=1S/C10H10N6S2/c1-5-3-6-7(17-5)13-9(11)14-8(6)18-10-15-12-4-16(10)2/h3-4H,1-2H3,(H2,11,13,14). The molecular formula is C10H10N6S2. The Bertz CT molecular complexity index is 716. The summed E-state index contributed by atoms with van der Waals surface area (Å²) in [5, 5.41) is 10.5. The number of nitrogen functional groups attached to an aromatic ring is 1. The zero-order chi connectivity index (χ0) is 12.7. The molecule has 0 bridgehead atoms. The molecule has 0 unspecified atom stereocenters. The number of hydrogen-bond acceptors (Lipinski definition) is 7. The van der Waals surface area contributed by atoms with Crippen molar-refractivity contribution < 1.29 is 0 Å². The summed E-state index contributed by atoms with van der Waals surface area (Å²) >= 11 is 3.05. The second kappa shape index (κ2) is 4.21. The van der Waals surface area contributed by atoms with E-state index in [1.807, 2.05) is 18.5 Å². The van der Waals surface area contributed by atoms with Gasteiger partial charge in [-0.3, -0.25) is 0 Å². The molecule has 3 aromatic rings. The van der Waals surface area contributed by atoms with Crippen LogP contribution in [0.2, 0.25) is 0 Å². The van der Waals surface area contributed by atoms with Crippen LogP contribution >= 0.6 is 23.1 Å². The first kappa shape index (κ1) is 11.4. The van der Waals surface area contributed by atoms with E-state index in [0.717, 1.165) is 20.4 Å². The number of aromatic nitrogens is 5. The number of anilines is 1. The lowest BCUT2D eigenvalue weighted by Crippen LogP contribution is -1.96. The van der Waals surface area contributed by atoms with Crippen LogP contribution in [0.25, 0.3) is 10.2 Å².